The highest BCUT2D eigenvalue weighted by molar-refractivity contribution is 9.10. The van der Waals surface area contributed by atoms with Gasteiger partial charge in [0, 0.05) is 28.3 Å². The summed E-state index contributed by atoms with van der Waals surface area (Å²) in [6.45, 7) is 6.82. The van der Waals surface area contributed by atoms with Crippen molar-refractivity contribution in [2.24, 2.45) is 5.10 Å². The van der Waals surface area contributed by atoms with Crippen LogP contribution < -0.4 is 10.3 Å². The fourth-order valence-corrected chi connectivity index (χ4v) is 3.93. The Hall–Kier alpha value is -2.14. The second-order valence-corrected chi connectivity index (χ2v) is 8.42. The van der Waals surface area contributed by atoms with Gasteiger partial charge in [-0.1, -0.05) is 35.0 Å². The van der Waals surface area contributed by atoms with Crippen LogP contribution in [0.15, 0.2) is 52.0 Å². The number of halogens is 1. The first kappa shape index (κ1) is 18.6. The van der Waals surface area contributed by atoms with Gasteiger partial charge in [0.1, 0.15) is 0 Å². The monoisotopic (exact) mass is 413 g/mol. The largest absolute Gasteiger partial charge is 0.369 e. The van der Waals surface area contributed by atoms with Crippen LogP contribution in [0.1, 0.15) is 54.6 Å². The van der Waals surface area contributed by atoms with Gasteiger partial charge in [-0.3, -0.25) is 4.79 Å². The van der Waals surface area contributed by atoms with E-state index in [4.69, 9.17) is 0 Å². The van der Waals surface area contributed by atoms with Crippen LogP contribution in [-0.2, 0) is 0 Å². The highest BCUT2D eigenvalue weighted by atomic mass is 79.9. The van der Waals surface area contributed by atoms with E-state index in [9.17, 15) is 4.79 Å². The number of rotatable bonds is 3. The standard InChI is InChI=1S/C21H24BrN3O/c1-14-12-21(2,3)25(4)19-9-8-15(10-18(14)19)13-23-24-20(26)16-6-5-7-17(22)11-16/h5-11,13-14H,12H2,1-4H3,(H,24,26)/b23-13-/t14-/m1/s1. The van der Waals surface area contributed by atoms with Crippen LogP contribution in [0.25, 0.3) is 0 Å². The number of fused-ring (bicyclic) bond motifs is 1. The molecule has 0 radical (unpaired) electrons. The van der Waals surface area contributed by atoms with Crippen molar-refractivity contribution in [2.45, 2.75) is 38.6 Å². The lowest BCUT2D eigenvalue weighted by Gasteiger charge is -2.45. The lowest BCUT2D eigenvalue weighted by Crippen LogP contribution is -2.45. The Morgan fingerprint density at radius 2 is 2.08 bits per heavy atom. The number of nitrogens with zero attached hydrogens (tertiary/aromatic N) is 2. The molecule has 1 aliphatic rings. The zero-order valence-electron chi connectivity index (χ0n) is 15.6. The number of hydrazone groups is 1. The molecule has 0 unspecified atom stereocenters. The summed E-state index contributed by atoms with van der Waals surface area (Å²) in [4.78, 5) is 14.5. The first-order valence-electron chi connectivity index (χ1n) is 8.75. The molecule has 0 saturated carbocycles. The molecule has 0 fully saturated rings. The number of carbonyl (C=O) groups is 1. The second kappa shape index (κ2) is 7.23. The fourth-order valence-electron chi connectivity index (χ4n) is 3.54. The molecule has 2 aromatic carbocycles. The number of amides is 1. The van der Waals surface area contributed by atoms with Crippen molar-refractivity contribution in [3.05, 3.63) is 63.6 Å². The van der Waals surface area contributed by atoms with Crippen LogP contribution in [-0.4, -0.2) is 24.7 Å². The summed E-state index contributed by atoms with van der Waals surface area (Å²) in [5.41, 5.74) is 6.89. The number of nitrogens with one attached hydrogen (secondary N) is 1. The van der Waals surface area contributed by atoms with E-state index in [0.717, 1.165) is 16.5 Å². The Bertz CT molecular complexity index is 860. The van der Waals surface area contributed by atoms with Gasteiger partial charge >= 0.3 is 0 Å². The highest BCUT2D eigenvalue weighted by Crippen LogP contribution is 2.42. The number of hydrogen-bond acceptors (Lipinski definition) is 3. The Balaban J connectivity index is 1.74. The van der Waals surface area contributed by atoms with E-state index in [2.05, 4.69) is 71.3 Å². The number of anilines is 1. The van der Waals surface area contributed by atoms with Crippen LogP contribution in [0, 0.1) is 0 Å². The van der Waals surface area contributed by atoms with Gasteiger partial charge in [-0.25, -0.2) is 5.43 Å². The van der Waals surface area contributed by atoms with Crippen molar-refractivity contribution < 1.29 is 4.79 Å². The number of benzene rings is 2. The average Bonchev–Trinajstić information content (AvgIpc) is 2.59. The molecule has 4 nitrogen and oxygen atoms in total. The van der Waals surface area contributed by atoms with Gasteiger partial charge in [0.25, 0.3) is 5.91 Å². The maximum Gasteiger partial charge on any atom is 0.271 e. The van der Waals surface area contributed by atoms with Crippen LogP contribution >= 0.6 is 15.9 Å². The molecule has 2 aromatic rings. The van der Waals surface area contributed by atoms with E-state index in [1.54, 1.807) is 18.3 Å². The van der Waals surface area contributed by atoms with E-state index < -0.39 is 0 Å². The molecule has 0 aliphatic carbocycles. The van der Waals surface area contributed by atoms with Gasteiger partial charge in [-0.2, -0.15) is 5.10 Å². The van der Waals surface area contributed by atoms with Crippen LogP contribution in [0.3, 0.4) is 0 Å². The molecule has 5 heteroatoms. The molecule has 1 atom stereocenters. The minimum atomic E-state index is -0.227. The van der Waals surface area contributed by atoms with Gasteiger partial charge < -0.3 is 4.90 Å². The first-order chi connectivity index (χ1) is 12.3. The third kappa shape index (κ3) is 3.83. The SMILES string of the molecule is C[C@@H]1CC(C)(C)N(C)c2ccc(/C=N\NC(=O)c3cccc(Br)c3)cc21. The van der Waals surface area contributed by atoms with Crippen LogP contribution in [0.5, 0.6) is 0 Å². The number of hydrogen-bond donors (Lipinski definition) is 1. The molecule has 1 amide bonds. The molecule has 1 heterocycles. The quantitative estimate of drug-likeness (QED) is 0.572. The molecular formula is C21H24BrN3O. The molecule has 0 aromatic heterocycles. The molecule has 3 rings (SSSR count). The van der Waals surface area contributed by atoms with E-state index >= 15 is 0 Å². The smallest absolute Gasteiger partial charge is 0.271 e. The van der Waals surface area contributed by atoms with Gasteiger partial charge in [0.05, 0.1) is 6.21 Å². The Labute approximate surface area is 163 Å². The lowest BCUT2D eigenvalue weighted by atomic mass is 9.80. The topological polar surface area (TPSA) is 44.7 Å². The van der Waals surface area contributed by atoms with Gasteiger partial charge in [0.2, 0.25) is 0 Å². The molecule has 0 bridgehead atoms. The number of carbonyl (C=O) groups excluding carboxylic acids is 1. The maximum absolute atomic E-state index is 12.1. The third-order valence-electron chi connectivity index (χ3n) is 5.12. The van der Waals surface area contributed by atoms with Gasteiger partial charge in [-0.15, -0.1) is 0 Å². The summed E-state index contributed by atoms with van der Waals surface area (Å²) in [7, 11) is 2.15. The predicted molar refractivity (Wildman–Crippen MR) is 111 cm³/mol. The molecule has 0 spiro atoms. The molecular weight excluding hydrogens is 390 g/mol. The summed E-state index contributed by atoms with van der Waals surface area (Å²) in [6, 6.07) is 13.6. The van der Waals surface area contributed by atoms with Crippen LogP contribution in [0.4, 0.5) is 5.69 Å². The normalized spacial score (nSPS) is 18.7. The molecule has 1 aliphatic heterocycles. The summed E-state index contributed by atoms with van der Waals surface area (Å²) >= 11 is 3.37. The molecule has 0 saturated heterocycles. The summed E-state index contributed by atoms with van der Waals surface area (Å²) in [6.07, 6.45) is 2.80. The average molecular weight is 414 g/mol. The minimum Gasteiger partial charge on any atom is -0.369 e. The summed E-state index contributed by atoms with van der Waals surface area (Å²) in [5, 5.41) is 4.12. The minimum absolute atomic E-state index is 0.153. The highest BCUT2D eigenvalue weighted by Gasteiger charge is 2.33. The summed E-state index contributed by atoms with van der Waals surface area (Å²) < 4.78 is 0.866. The zero-order chi connectivity index (χ0) is 18.9. The third-order valence-corrected chi connectivity index (χ3v) is 5.62. The van der Waals surface area contributed by atoms with Crippen molar-refractivity contribution in [2.75, 3.05) is 11.9 Å². The van der Waals surface area contributed by atoms with E-state index in [-0.39, 0.29) is 11.4 Å². The van der Waals surface area contributed by atoms with E-state index in [1.807, 2.05) is 18.2 Å². The summed E-state index contributed by atoms with van der Waals surface area (Å²) in [5.74, 6) is 0.260. The Morgan fingerprint density at radius 3 is 2.81 bits per heavy atom. The van der Waals surface area contributed by atoms with Gasteiger partial charge in [0.15, 0.2) is 0 Å². The van der Waals surface area contributed by atoms with Crippen molar-refractivity contribution in [1.29, 1.82) is 0 Å². The Morgan fingerprint density at radius 1 is 1.31 bits per heavy atom. The molecule has 136 valence electrons. The van der Waals surface area contributed by atoms with Crippen molar-refractivity contribution in [3.63, 3.8) is 0 Å². The second-order valence-electron chi connectivity index (χ2n) is 7.50. The van der Waals surface area contributed by atoms with Gasteiger partial charge in [-0.05, 0) is 67.6 Å². The zero-order valence-corrected chi connectivity index (χ0v) is 17.2. The fraction of sp³-hybridized carbons (Fsp3) is 0.333. The van der Waals surface area contributed by atoms with E-state index in [0.29, 0.717) is 11.5 Å². The lowest BCUT2D eigenvalue weighted by molar-refractivity contribution is 0.0955. The predicted octanol–water partition coefficient (Wildman–Crippen LogP) is 4.94. The first-order valence-corrected chi connectivity index (χ1v) is 9.54. The maximum atomic E-state index is 12.1. The van der Waals surface area contributed by atoms with Crippen LogP contribution in [0.2, 0.25) is 0 Å². The van der Waals surface area contributed by atoms with Crippen molar-refractivity contribution in [1.82, 2.24) is 5.43 Å². The molecule has 1 N–H and O–H groups in total. The van der Waals surface area contributed by atoms with Crippen molar-refractivity contribution >= 4 is 33.7 Å². The molecule has 26 heavy (non-hydrogen) atoms. The Kier molecular flexibility index (Phi) is 5.19. The van der Waals surface area contributed by atoms with Crippen molar-refractivity contribution in [3.8, 4) is 0 Å². The van der Waals surface area contributed by atoms with E-state index in [1.165, 1.54) is 11.3 Å².